The summed E-state index contributed by atoms with van der Waals surface area (Å²) in [6.45, 7) is 6.95. The zero-order valence-corrected chi connectivity index (χ0v) is 15.5. The van der Waals surface area contributed by atoms with Crippen molar-refractivity contribution in [3.8, 4) is 0 Å². The van der Waals surface area contributed by atoms with E-state index < -0.39 is 0 Å². The van der Waals surface area contributed by atoms with Crippen LogP contribution in [-0.4, -0.2) is 54.9 Å². The number of likely N-dealkylation sites (tertiary alicyclic amines) is 1. The van der Waals surface area contributed by atoms with Crippen LogP contribution in [-0.2, 0) is 12.0 Å². The molecule has 2 N–H and O–H groups in total. The molecule has 0 radical (unpaired) electrons. The summed E-state index contributed by atoms with van der Waals surface area (Å²) in [7, 11) is 1.87. The van der Waals surface area contributed by atoms with Crippen molar-refractivity contribution < 1.29 is 0 Å². The average Bonchev–Trinajstić information content (AvgIpc) is 3.09. The molecular formula is C18H24N8. The minimum absolute atomic E-state index is 0.112. The predicted octanol–water partition coefficient (Wildman–Crippen LogP) is 2.05. The zero-order valence-electron chi connectivity index (χ0n) is 15.5. The number of imidazole rings is 1. The fourth-order valence-electron chi connectivity index (χ4n) is 3.77. The molecule has 1 atom stereocenters. The number of fused-ring (bicyclic) bond motifs is 1. The number of rotatable bonds is 4. The molecule has 0 aliphatic carbocycles. The van der Waals surface area contributed by atoms with E-state index in [-0.39, 0.29) is 5.41 Å². The van der Waals surface area contributed by atoms with Gasteiger partial charge in [-0.1, -0.05) is 6.92 Å². The molecule has 8 nitrogen and oxygen atoms in total. The van der Waals surface area contributed by atoms with E-state index >= 15 is 0 Å². The summed E-state index contributed by atoms with van der Waals surface area (Å²) in [5.41, 5.74) is 2.51. The first-order valence-corrected chi connectivity index (χ1v) is 8.98. The molecule has 1 aliphatic rings. The van der Waals surface area contributed by atoms with Crippen LogP contribution in [0.2, 0.25) is 0 Å². The summed E-state index contributed by atoms with van der Waals surface area (Å²) in [6, 6.07) is 1.99. The zero-order chi connectivity index (χ0) is 18.1. The van der Waals surface area contributed by atoms with Gasteiger partial charge < -0.3 is 10.3 Å². The van der Waals surface area contributed by atoms with Crippen molar-refractivity contribution in [3.05, 3.63) is 35.9 Å². The van der Waals surface area contributed by atoms with Gasteiger partial charge in [-0.05, 0) is 32.4 Å². The van der Waals surface area contributed by atoms with E-state index in [1.165, 1.54) is 0 Å². The number of hydrogen-bond donors (Lipinski definition) is 2. The standard InChI is InChI=1S/C18H24N8/c1-12-20-7-5-13(23-12)9-26-8-4-6-18(2,10-26)17-24-15(19-3)14-16(25-17)22-11-21-14/h5,7,11H,4,6,8-10H2,1-3H3,(H2,19,21,22,24,25). The summed E-state index contributed by atoms with van der Waals surface area (Å²) < 4.78 is 0. The Hall–Kier alpha value is -2.61. The van der Waals surface area contributed by atoms with Gasteiger partial charge in [0.15, 0.2) is 11.5 Å². The van der Waals surface area contributed by atoms with Crippen molar-refractivity contribution in [2.24, 2.45) is 0 Å². The highest BCUT2D eigenvalue weighted by molar-refractivity contribution is 5.82. The molecule has 0 spiro atoms. The summed E-state index contributed by atoms with van der Waals surface area (Å²) in [5.74, 6) is 2.46. The van der Waals surface area contributed by atoms with Crippen LogP contribution >= 0.6 is 0 Å². The number of aromatic amines is 1. The van der Waals surface area contributed by atoms with Gasteiger partial charge in [0.2, 0.25) is 0 Å². The molecule has 26 heavy (non-hydrogen) atoms. The second-order valence-corrected chi connectivity index (χ2v) is 7.22. The maximum absolute atomic E-state index is 4.80. The number of H-pyrrole nitrogens is 1. The monoisotopic (exact) mass is 352 g/mol. The van der Waals surface area contributed by atoms with Gasteiger partial charge in [-0.3, -0.25) is 4.90 Å². The molecule has 3 aromatic heterocycles. The molecule has 1 unspecified atom stereocenters. The minimum atomic E-state index is -0.112. The van der Waals surface area contributed by atoms with E-state index in [0.717, 1.165) is 61.2 Å². The molecule has 1 aliphatic heterocycles. The van der Waals surface area contributed by atoms with Crippen molar-refractivity contribution in [2.45, 2.75) is 38.6 Å². The third-order valence-corrected chi connectivity index (χ3v) is 5.06. The molecule has 4 rings (SSSR count). The Morgan fingerprint density at radius 3 is 2.96 bits per heavy atom. The normalized spacial score (nSPS) is 21.2. The van der Waals surface area contributed by atoms with Gasteiger partial charge in [0.25, 0.3) is 0 Å². The first kappa shape index (κ1) is 16.8. The molecule has 0 amide bonds. The summed E-state index contributed by atoms with van der Waals surface area (Å²) in [4.78, 5) is 28.1. The van der Waals surface area contributed by atoms with Crippen LogP contribution in [0.3, 0.4) is 0 Å². The lowest BCUT2D eigenvalue weighted by Crippen LogP contribution is -2.45. The summed E-state index contributed by atoms with van der Waals surface area (Å²) >= 11 is 0. The maximum atomic E-state index is 4.80. The highest BCUT2D eigenvalue weighted by Gasteiger charge is 2.36. The number of piperidine rings is 1. The third-order valence-electron chi connectivity index (χ3n) is 5.06. The van der Waals surface area contributed by atoms with Crippen molar-refractivity contribution in [1.82, 2.24) is 34.8 Å². The van der Waals surface area contributed by atoms with Crippen LogP contribution in [0.15, 0.2) is 18.6 Å². The fraction of sp³-hybridized carbons (Fsp3) is 0.500. The maximum Gasteiger partial charge on any atom is 0.183 e. The quantitative estimate of drug-likeness (QED) is 0.742. The van der Waals surface area contributed by atoms with Gasteiger partial charge >= 0.3 is 0 Å². The Balaban J connectivity index is 1.61. The number of anilines is 1. The fourth-order valence-corrected chi connectivity index (χ4v) is 3.77. The first-order valence-electron chi connectivity index (χ1n) is 8.98. The highest BCUT2D eigenvalue weighted by atomic mass is 15.2. The van der Waals surface area contributed by atoms with Gasteiger partial charge in [-0.15, -0.1) is 0 Å². The second-order valence-electron chi connectivity index (χ2n) is 7.22. The predicted molar refractivity (Wildman–Crippen MR) is 99.9 cm³/mol. The van der Waals surface area contributed by atoms with Crippen LogP contribution in [0, 0.1) is 6.92 Å². The molecule has 136 valence electrons. The lowest BCUT2D eigenvalue weighted by atomic mass is 9.81. The van der Waals surface area contributed by atoms with Gasteiger partial charge in [-0.2, -0.15) is 0 Å². The largest absolute Gasteiger partial charge is 0.371 e. The van der Waals surface area contributed by atoms with E-state index in [1.807, 2.05) is 26.2 Å². The van der Waals surface area contributed by atoms with Crippen molar-refractivity contribution in [2.75, 3.05) is 25.5 Å². The van der Waals surface area contributed by atoms with Crippen molar-refractivity contribution in [1.29, 1.82) is 0 Å². The second kappa shape index (κ2) is 6.60. The molecular weight excluding hydrogens is 328 g/mol. The highest BCUT2D eigenvalue weighted by Crippen LogP contribution is 2.33. The van der Waals surface area contributed by atoms with E-state index in [4.69, 9.17) is 9.97 Å². The molecule has 0 saturated carbocycles. The van der Waals surface area contributed by atoms with E-state index in [1.54, 1.807) is 6.33 Å². The number of hydrogen-bond acceptors (Lipinski definition) is 7. The minimum Gasteiger partial charge on any atom is -0.371 e. The van der Waals surface area contributed by atoms with E-state index in [0.29, 0.717) is 5.65 Å². The summed E-state index contributed by atoms with van der Waals surface area (Å²) in [5, 5.41) is 3.16. The van der Waals surface area contributed by atoms with Crippen LogP contribution in [0.5, 0.6) is 0 Å². The summed E-state index contributed by atoms with van der Waals surface area (Å²) in [6.07, 6.45) is 5.66. The molecule has 3 aromatic rings. The molecule has 1 saturated heterocycles. The number of nitrogens with zero attached hydrogens (tertiary/aromatic N) is 6. The lowest BCUT2D eigenvalue weighted by molar-refractivity contribution is 0.143. The van der Waals surface area contributed by atoms with Crippen LogP contribution in [0.25, 0.3) is 11.2 Å². The van der Waals surface area contributed by atoms with Gasteiger partial charge in [0.05, 0.1) is 12.0 Å². The molecule has 0 bridgehead atoms. The Labute approximate surface area is 152 Å². The molecule has 8 heteroatoms. The number of aromatic nitrogens is 6. The SMILES string of the molecule is CNc1nc(C2(C)CCCN(Cc3ccnc(C)n3)C2)nc2nc[nH]c12. The molecule has 4 heterocycles. The van der Waals surface area contributed by atoms with E-state index in [2.05, 4.69) is 37.1 Å². The number of nitrogens with one attached hydrogen (secondary N) is 2. The Kier molecular flexibility index (Phi) is 4.28. The Bertz CT molecular complexity index is 920. The first-order chi connectivity index (χ1) is 12.6. The van der Waals surface area contributed by atoms with Gasteiger partial charge in [0.1, 0.15) is 17.2 Å². The van der Waals surface area contributed by atoms with Crippen LogP contribution in [0.4, 0.5) is 5.82 Å². The average molecular weight is 352 g/mol. The smallest absolute Gasteiger partial charge is 0.183 e. The number of aryl methyl sites for hydroxylation is 1. The Morgan fingerprint density at radius 2 is 2.15 bits per heavy atom. The van der Waals surface area contributed by atoms with Crippen molar-refractivity contribution >= 4 is 17.0 Å². The van der Waals surface area contributed by atoms with Crippen molar-refractivity contribution in [3.63, 3.8) is 0 Å². The lowest BCUT2D eigenvalue weighted by Gasteiger charge is -2.39. The van der Waals surface area contributed by atoms with Gasteiger partial charge in [0, 0.05) is 31.7 Å². The molecule has 0 aromatic carbocycles. The van der Waals surface area contributed by atoms with Gasteiger partial charge in [-0.25, -0.2) is 24.9 Å². The van der Waals surface area contributed by atoms with Crippen LogP contribution in [0.1, 0.15) is 37.1 Å². The topological polar surface area (TPSA) is 95.5 Å². The van der Waals surface area contributed by atoms with Crippen LogP contribution < -0.4 is 5.32 Å². The third kappa shape index (κ3) is 3.12. The van der Waals surface area contributed by atoms with E-state index in [9.17, 15) is 0 Å². The Morgan fingerprint density at radius 1 is 1.27 bits per heavy atom. The molecule has 1 fully saturated rings.